The zero-order valence-electron chi connectivity index (χ0n) is 15.5. The molecule has 0 aromatic carbocycles. The van der Waals surface area contributed by atoms with Crippen LogP contribution in [0.2, 0.25) is 0 Å². The first kappa shape index (κ1) is 17.7. The van der Waals surface area contributed by atoms with E-state index in [0.29, 0.717) is 6.54 Å². The number of hydrogen-bond acceptors (Lipinski definition) is 5. The number of hydrogen-bond donors (Lipinski definition) is 1. The van der Waals surface area contributed by atoms with Gasteiger partial charge in [-0.2, -0.15) is 5.10 Å². The van der Waals surface area contributed by atoms with Gasteiger partial charge < -0.3 is 9.84 Å². The molecular formula is C18H27N5O2. The van der Waals surface area contributed by atoms with Gasteiger partial charge in [-0.3, -0.25) is 14.4 Å². The van der Waals surface area contributed by atoms with Crippen LogP contribution in [-0.2, 0) is 11.3 Å². The molecule has 1 atom stereocenters. The molecule has 0 saturated carbocycles. The van der Waals surface area contributed by atoms with Crippen LogP contribution < -0.4 is 5.32 Å². The third-order valence-corrected chi connectivity index (χ3v) is 4.89. The summed E-state index contributed by atoms with van der Waals surface area (Å²) in [7, 11) is 0. The van der Waals surface area contributed by atoms with Crippen molar-refractivity contribution < 1.29 is 9.32 Å². The monoisotopic (exact) mass is 345 g/mol. The molecule has 2 aromatic rings. The van der Waals surface area contributed by atoms with Gasteiger partial charge in [0.05, 0.1) is 29.7 Å². The minimum atomic E-state index is -0.00558. The molecule has 2 aromatic heterocycles. The van der Waals surface area contributed by atoms with Gasteiger partial charge in [-0.15, -0.1) is 0 Å². The molecule has 25 heavy (non-hydrogen) atoms. The van der Waals surface area contributed by atoms with Crippen molar-refractivity contribution in [2.45, 2.75) is 59.5 Å². The SMILES string of the molecule is CCn1nc(C)c(NC(=O)CN2CCCC[C@H]2c2cc(C)on2)c1C. The Morgan fingerprint density at radius 3 is 2.80 bits per heavy atom. The van der Waals surface area contributed by atoms with E-state index in [1.807, 2.05) is 38.4 Å². The molecule has 1 N–H and O–H groups in total. The van der Waals surface area contributed by atoms with Gasteiger partial charge in [0.25, 0.3) is 0 Å². The second-order valence-electron chi connectivity index (χ2n) is 6.75. The lowest BCUT2D eigenvalue weighted by Gasteiger charge is -2.33. The highest BCUT2D eigenvalue weighted by Crippen LogP contribution is 2.30. The maximum atomic E-state index is 12.6. The van der Waals surface area contributed by atoms with E-state index in [1.165, 1.54) is 0 Å². The number of piperidine rings is 1. The Bertz CT molecular complexity index is 749. The number of nitrogens with zero attached hydrogens (tertiary/aromatic N) is 4. The molecular weight excluding hydrogens is 318 g/mol. The molecule has 136 valence electrons. The maximum Gasteiger partial charge on any atom is 0.238 e. The van der Waals surface area contributed by atoms with E-state index in [1.54, 1.807) is 0 Å². The highest BCUT2D eigenvalue weighted by molar-refractivity contribution is 5.93. The van der Waals surface area contributed by atoms with E-state index >= 15 is 0 Å². The first-order valence-electron chi connectivity index (χ1n) is 9.00. The van der Waals surface area contributed by atoms with Crippen molar-refractivity contribution in [1.29, 1.82) is 0 Å². The van der Waals surface area contributed by atoms with Crippen LogP contribution in [0.3, 0.4) is 0 Å². The summed E-state index contributed by atoms with van der Waals surface area (Å²) in [6, 6.07) is 2.12. The molecule has 1 amide bonds. The number of aryl methyl sites for hydroxylation is 3. The summed E-state index contributed by atoms with van der Waals surface area (Å²) in [5.41, 5.74) is 3.61. The largest absolute Gasteiger partial charge is 0.361 e. The fourth-order valence-corrected chi connectivity index (χ4v) is 3.61. The second-order valence-corrected chi connectivity index (χ2v) is 6.75. The molecule has 7 nitrogen and oxygen atoms in total. The number of rotatable bonds is 5. The third kappa shape index (κ3) is 3.76. The predicted octanol–water partition coefficient (Wildman–Crippen LogP) is 2.98. The minimum absolute atomic E-state index is 0.00558. The van der Waals surface area contributed by atoms with Gasteiger partial charge in [0.2, 0.25) is 5.91 Å². The minimum Gasteiger partial charge on any atom is -0.361 e. The van der Waals surface area contributed by atoms with E-state index in [9.17, 15) is 4.79 Å². The topological polar surface area (TPSA) is 76.2 Å². The number of amides is 1. The van der Waals surface area contributed by atoms with Gasteiger partial charge >= 0.3 is 0 Å². The molecule has 3 rings (SSSR count). The van der Waals surface area contributed by atoms with Crippen molar-refractivity contribution in [1.82, 2.24) is 19.8 Å². The molecule has 1 fully saturated rings. The van der Waals surface area contributed by atoms with Crippen molar-refractivity contribution >= 4 is 11.6 Å². The third-order valence-electron chi connectivity index (χ3n) is 4.89. The van der Waals surface area contributed by atoms with E-state index in [-0.39, 0.29) is 11.9 Å². The van der Waals surface area contributed by atoms with Crippen LogP contribution in [0.25, 0.3) is 0 Å². The Labute approximate surface area is 148 Å². The van der Waals surface area contributed by atoms with Gasteiger partial charge in [-0.1, -0.05) is 11.6 Å². The van der Waals surface area contributed by atoms with Crippen LogP contribution in [0.4, 0.5) is 5.69 Å². The molecule has 1 aliphatic heterocycles. The smallest absolute Gasteiger partial charge is 0.238 e. The lowest BCUT2D eigenvalue weighted by atomic mass is 9.99. The molecule has 3 heterocycles. The average molecular weight is 345 g/mol. The lowest BCUT2D eigenvalue weighted by Crippen LogP contribution is -2.39. The number of likely N-dealkylation sites (tertiary alicyclic amines) is 1. The van der Waals surface area contributed by atoms with E-state index in [4.69, 9.17) is 4.52 Å². The molecule has 1 saturated heterocycles. The molecule has 0 bridgehead atoms. The average Bonchev–Trinajstić information content (AvgIpc) is 3.13. The quantitative estimate of drug-likeness (QED) is 0.901. The molecule has 7 heteroatoms. The van der Waals surface area contributed by atoms with Crippen molar-refractivity contribution in [3.8, 4) is 0 Å². The van der Waals surface area contributed by atoms with Crippen LogP contribution in [0.5, 0.6) is 0 Å². The summed E-state index contributed by atoms with van der Waals surface area (Å²) < 4.78 is 7.13. The summed E-state index contributed by atoms with van der Waals surface area (Å²) in [6.45, 7) is 9.90. The molecule has 0 unspecified atom stereocenters. The fraction of sp³-hybridized carbons (Fsp3) is 0.611. The summed E-state index contributed by atoms with van der Waals surface area (Å²) in [4.78, 5) is 14.8. The van der Waals surface area contributed by atoms with Gasteiger partial charge in [0.15, 0.2) is 0 Å². The summed E-state index contributed by atoms with van der Waals surface area (Å²) in [5.74, 6) is 0.803. The second kappa shape index (κ2) is 7.39. The van der Waals surface area contributed by atoms with Crippen LogP contribution in [0.1, 0.15) is 55.1 Å². The van der Waals surface area contributed by atoms with Gasteiger partial charge in [-0.05, 0) is 47.1 Å². The molecule has 0 spiro atoms. The first-order chi connectivity index (χ1) is 12.0. The number of nitrogens with one attached hydrogen (secondary N) is 1. The zero-order valence-corrected chi connectivity index (χ0v) is 15.5. The predicted molar refractivity (Wildman–Crippen MR) is 95.4 cm³/mol. The number of carbonyl (C=O) groups is 1. The molecule has 0 aliphatic carbocycles. The van der Waals surface area contributed by atoms with Crippen LogP contribution in [0.15, 0.2) is 10.6 Å². The molecule has 0 radical (unpaired) electrons. The Balaban J connectivity index is 1.70. The highest BCUT2D eigenvalue weighted by Gasteiger charge is 2.28. The maximum absolute atomic E-state index is 12.6. The zero-order chi connectivity index (χ0) is 18.0. The summed E-state index contributed by atoms with van der Waals surface area (Å²) in [6.07, 6.45) is 3.26. The lowest BCUT2D eigenvalue weighted by molar-refractivity contribution is -0.118. The van der Waals surface area contributed by atoms with Gasteiger partial charge in [-0.25, -0.2) is 0 Å². The first-order valence-corrected chi connectivity index (χ1v) is 9.00. The summed E-state index contributed by atoms with van der Waals surface area (Å²) >= 11 is 0. The Morgan fingerprint density at radius 1 is 1.36 bits per heavy atom. The normalized spacial score (nSPS) is 18.5. The number of anilines is 1. The Morgan fingerprint density at radius 2 is 2.16 bits per heavy atom. The number of aromatic nitrogens is 3. The Hall–Kier alpha value is -2.15. The van der Waals surface area contributed by atoms with Crippen molar-refractivity contribution in [2.75, 3.05) is 18.4 Å². The Kier molecular flexibility index (Phi) is 5.22. The molecule has 1 aliphatic rings. The van der Waals surface area contributed by atoms with Crippen LogP contribution >= 0.6 is 0 Å². The van der Waals surface area contributed by atoms with Crippen LogP contribution in [-0.4, -0.2) is 38.8 Å². The van der Waals surface area contributed by atoms with Gasteiger partial charge in [0, 0.05) is 12.6 Å². The summed E-state index contributed by atoms with van der Waals surface area (Å²) in [5, 5.41) is 11.7. The highest BCUT2D eigenvalue weighted by atomic mass is 16.5. The van der Waals surface area contributed by atoms with E-state index in [2.05, 4.69) is 20.5 Å². The van der Waals surface area contributed by atoms with Crippen molar-refractivity contribution in [2.24, 2.45) is 0 Å². The van der Waals surface area contributed by atoms with E-state index in [0.717, 1.165) is 60.9 Å². The standard InChI is InChI=1S/C18H27N5O2/c1-5-23-14(4)18(13(3)20-23)19-17(24)11-22-9-7-6-8-16(22)15-10-12(2)25-21-15/h10,16H,5-9,11H2,1-4H3,(H,19,24)/t16-/m0/s1. The number of carbonyl (C=O) groups excluding carboxylic acids is 1. The van der Waals surface area contributed by atoms with Crippen molar-refractivity contribution in [3.05, 3.63) is 28.9 Å². The van der Waals surface area contributed by atoms with Gasteiger partial charge in [0.1, 0.15) is 11.5 Å². The van der Waals surface area contributed by atoms with E-state index < -0.39 is 0 Å². The van der Waals surface area contributed by atoms with Crippen molar-refractivity contribution in [3.63, 3.8) is 0 Å². The van der Waals surface area contributed by atoms with Crippen LogP contribution in [0, 0.1) is 20.8 Å². The fourth-order valence-electron chi connectivity index (χ4n) is 3.61.